The lowest BCUT2D eigenvalue weighted by atomic mass is 9.94. The summed E-state index contributed by atoms with van der Waals surface area (Å²) < 4.78 is 0. The van der Waals surface area contributed by atoms with Crippen LogP contribution in [-0.2, 0) is 0 Å². The van der Waals surface area contributed by atoms with Crippen LogP contribution in [0.25, 0.3) is 0 Å². The molecule has 14 heavy (non-hydrogen) atoms. The molecule has 1 heteroatoms. The van der Waals surface area contributed by atoms with Crippen molar-refractivity contribution in [2.45, 2.75) is 51.5 Å². The van der Waals surface area contributed by atoms with E-state index in [1.807, 2.05) is 0 Å². The fourth-order valence-electron chi connectivity index (χ4n) is 2.50. The van der Waals surface area contributed by atoms with Crippen molar-refractivity contribution in [3.8, 4) is 0 Å². The minimum absolute atomic E-state index is 0.820. The molecule has 0 saturated heterocycles. The molecule has 0 heterocycles. The van der Waals surface area contributed by atoms with Crippen molar-refractivity contribution in [3.05, 3.63) is 12.2 Å². The van der Waals surface area contributed by atoms with Crippen LogP contribution in [0.5, 0.6) is 0 Å². The molecule has 2 rings (SSSR count). The Balaban J connectivity index is 1.66. The molecule has 2 aliphatic carbocycles. The molecule has 1 nitrogen and oxygen atoms in total. The van der Waals surface area contributed by atoms with Gasteiger partial charge in [0.25, 0.3) is 0 Å². The van der Waals surface area contributed by atoms with Crippen molar-refractivity contribution >= 4 is 0 Å². The van der Waals surface area contributed by atoms with E-state index in [1.54, 1.807) is 0 Å². The number of hydrogen-bond donors (Lipinski definition) is 1. The fraction of sp³-hybridized carbons (Fsp3) is 0.846. The van der Waals surface area contributed by atoms with Crippen LogP contribution >= 0.6 is 0 Å². The third-order valence-corrected chi connectivity index (χ3v) is 3.68. The number of allylic oxidation sites excluding steroid dienone is 2. The highest BCUT2D eigenvalue weighted by Gasteiger charge is 2.29. The summed E-state index contributed by atoms with van der Waals surface area (Å²) in [5, 5.41) is 3.77. The van der Waals surface area contributed by atoms with Crippen LogP contribution in [-0.4, -0.2) is 12.6 Å². The van der Waals surface area contributed by atoms with E-state index in [9.17, 15) is 0 Å². The Labute approximate surface area is 88.0 Å². The molecule has 2 unspecified atom stereocenters. The van der Waals surface area contributed by atoms with Crippen LogP contribution in [0, 0.1) is 11.8 Å². The maximum atomic E-state index is 3.77. The molecule has 0 aromatic heterocycles. The molecule has 0 aromatic carbocycles. The predicted octanol–water partition coefficient (Wildman–Crippen LogP) is 3.12. The van der Waals surface area contributed by atoms with Crippen LogP contribution in [0.1, 0.15) is 45.4 Å². The van der Waals surface area contributed by atoms with Crippen molar-refractivity contribution in [2.75, 3.05) is 6.54 Å². The molecule has 1 saturated carbocycles. The summed E-state index contributed by atoms with van der Waals surface area (Å²) in [4.78, 5) is 0. The van der Waals surface area contributed by atoms with Gasteiger partial charge in [0.2, 0.25) is 0 Å². The van der Waals surface area contributed by atoms with Crippen molar-refractivity contribution in [2.24, 2.45) is 11.8 Å². The summed E-state index contributed by atoms with van der Waals surface area (Å²) in [6.07, 6.45) is 12.9. The highest BCUT2D eigenvalue weighted by atomic mass is 14.9. The van der Waals surface area contributed by atoms with E-state index in [-0.39, 0.29) is 0 Å². The molecule has 0 aliphatic heterocycles. The van der Waals surface area contributed by atoms with Gasteiger partial charge in [-0.3, -0.25) is 0 Å². The van der Waals surface area contributed by atoms with E-state index >= 15 is 0 Å². The van der Waals surface area contributed by atoms with Gasteiger partial charge in [0, 0.05) is 6.04 Å². The van der Waals surface area contributed by atoms with E-state index < -0.39 is 0 Å². The van der Waals surface area contributed by atoms with Crippen molar-refractivity contribution in [1.82, 2.24) is 5.32 Å². The van der Waals surface area contributed by atoms with Gasteiger partial charge in [-0.05, 0) is 56.9 Å². The normalized spacial score (nSPS) is 29.1. The summed E-state index contributed by atoms with van der Waals surface area (Å²) in [7, 11) is 0. The Bertz CT molecular complexity index is 193. The van der Waals surface area contributed by atoms with Gasteiger partial charge in [0.1, 0.15) is 0 Å². The van der Waals surface area contributed by atoms with Gasteiger partial charge in [0.15, 0.2) is 0 Å². The third-order valence-electron chi connectivity index (χ3n) is 3.68. The lowest BCUT2D eigenvalue weighted by Crippen LogP contribution is -2.34. The van der Waals surface area contributed by atoms with Gasteiger partial charge in [-0.25, -0.2) is 0 Å². The Kier molecular flexibility index (Phi) is 3.63. The molecule has 0 radical (unpaired) electrons. The molecule has 0 amide bonds. The zero-order valence-corrected chi connectivity index (χ0v) is 9.34. The van der Waals surface area contributed by atoms with E-state index in [0.29, 0.717) is 0 Å². The first-order valence-corrected chi connectivity index (χ1v) is 6.28. The van der Waals surface area contributed by atoms with Crippen molar-refractivity contribution in [3.63, 3.8) is 0 Å². The minimum Gasteiger partial charge on any atom is -0.313 e. The first-order valence-electron chi connectivity index (χ1n) is 6.28. The molecule has 1 N–H and O–H groups in total. The zero-order chi connectivity index (χ0) is 9.80. The van der Waals surface area contributed by atoms with E-state index in [0.717, 1.165) is 17.9 Å². The zero-order valence-electron chi connectivity index (χ0n) is 9.34. The SMILES string of the molecule is CCC(NCC1CC=CCC1)C1CC1. The number of hydrogen-bond acceptors (Lipinski definition) is 1. The second-order valence-electron chi connectivity index (χ2n) is 4.91. The average molecular weight is 193 g/mol. The Hall–Kier alpha value is -0.300. The lowest BCUT2D eigenvalue weighted by molar-refractivity contribution is 0.375. The molecule has 2 aliphatic rings. The average Bonchev–Trinajstić information content (AvgIpc) is 3.05. The minimum atomic E-state index is 0.820. The Morgan fingerprint density at radius 2 is 2.14 bits per heavy atom. The number of rotatable bonds is 5. The van der Waals surface area contributed by atoms with Gasteiger partial charge in [-0.2, -0.15) is 0 Å². The lowest BCUT2D eigenvalue weighted by Gasteiger charge is -2.22. The Morgan fingerprint density at radius 1 is 1.29 bits per heavy atom. The molecular weight excluding hydrogens is 170 g/mol. The molecule has 1 fully saturated rings. The van der Waals surface area contributed by atoms with Gasteiger partial charge in [-0.1, -0.05) is 19.1 Å². The van der Waals surface area contributed by atoms with Crippen LogP contribution < -0.4 is 5.32 Å². The maximum Gasteiger partial charge on any atom is 0.00928 e. The highest BCUT2D eigenvalue weighted by Crippen LogP contribution is 2.34. The molecule has 80 valence electrons. The van der Waals surface area contributed by atoms with Gasteiger partial charge < -0.3 is 5.32 Å². The van der Waals surface area contributed by atoms with Crippen LogP contribution in [0.4, 0.5) is 0 Å². The molecule has 0 spiro atoms. The second kappa shape index (κ2) is 4.97. The first kappa shape index (κ1) is 10.2. The van der Waals surface area contributed by atoms with Crippen LogP contribution in [0.15, 0.2) is 12.2 Å². The number of nitrogens with one attached hydrogen (secondary N) is 1. The maximum absolute atomic E-state index is 3.77. The monoisotopic (exact) mass is 193 g/mol. The van der Waals surface area contributed by atoms with Crippen LogP contribution in [0.2, 0.25) is 0 Å². The standard InChI is InChI=1S/C13H23N/c1-2-13(12-8-9-12)14-10-11-6-4-3-5-7-11/h3-4,11-14H,2,5-10H2,1H3. The predicted molar refractivity (Wildman–Crippen MR) is 61.3 cm³/mol. The summed E-state index contributed by atoms with van der Waals surface area (Å²) in [5.74, 6) is 1.92. The highest BCUT2D eigenvalue weighted by molar-refractivity contribution is 4.92. The summed E-state index contributed by atoms with van der Waals surface area (Å²) in [6.45, 7) is 3.57. The summed E-state index contributed by atoms with van der Waals surface area (Å²) in [5.41, 5.74) is 0. The summed E-state index contributed by atoms with van der Waals surface area (Å²) in [6, 6.07) is 0.820. The van der Waals surface area contributed by atoms with E-state index in [2.05, 4.69) is 24.4 Å². The van der Waals surface area contributed by atoms with E-state index in [1.165, 1.54) is 45.1 Å². The molecular formula is C13H23N. The van der Waals surface area contributed by atoms with Gasteiger partial charge >= 0.3 is 0 Å². The molecule has 0 aromatic rings. The smallest absolute Gasteiger partial charge is 0.00928 e. The third kappa shape index (κ3) is 2.84. The van der Waals surface area contributed by atoms with E-state index in [4.69, 9.17) is 0 Å². The topological polar surface area (TPSA) is 12.0 Å². The van der Waals surface area contributed by atoms with Gasteiger partial charge in [-0.15, -0.1) is 0 Å². The fourth-order valence-corrected chi connectivity index (χ4v) is 2.50. The van der Waals surface area contributed by atoms with Gasteiger partial charge in [0.05, 0.1) is 0 Å². The quantitative estimate of drug-likeness (QED) is 0.661. The second-order valence-corrected chi connectivity index (χ2v) is 4.91. The van der Waals surface area contributed by atoms with Crippen LogP contribution in [0.3, 0.4) is 0 Å². The largest absolute Gasteiger partial charge is 0.313 e. The van der Waals surface area contributed by atoms with Crippen molar-refractivity contribution < 1.29 is 0 Å². The van der Waals surface area contributed by atoms with Crippen molar-refractivity contribution in [1.29, 1.82) is 0 Å². The summed E-state index contributed by atoms with van der Waals surface area (Å²) >= 11 is 0. The molecule has 0 bridgehead atoms. The first-order chi connectivity index (χ1) is 6.90. The molecule has 2 atom stereocenters. The Morgan fingerprint density at radius 3 is 2.71 bits per heavy atom.